The highest BCUT2D eigenvalue weighted by molar-refractivity contribution is 5.39. The number of ether oxygens (including phenoxy) is 2. The maximum atomic E-state index is 5.41. The van der Waals surface area contributed by atoms with Crippen molar-refractivity contribution in [1.29, 1.82) is 0 Å². The van der Waals surface area contributed by atoms with E-state index in [2.05, 4.69) is 13.2 Å². The highest BCUT2D eigenvalue weighted by atomic mass is 16.5. The van der Waals surface area contributed by atoms with Crippen molar-refractivity contribution < 1.29 is 9.47 Å². The van der Waals surface area contributed by atoms with Crippen LogP contribution in [0.15, 0.2) is 49.6 Å². The number of benzene rings is 1. The van der Waals surface area contributed by atoms with Gasteiger partial charge in [0.2, 0.25) is 0 Å². The maximum Gasteiger partial charge on any atom is 0.161 e. The van der Waals surface area contributed by atoms with Gasteiger partial charge >= 0.3 is 0 Å². The van der Waals surface area contributed by atoms with Crippen molar-refractivity contribution >= 4 is 0 Å². The van der Waals surface area contributed by atoms with Gasteiger partial charge in [-0.15, -0.1) is 0 Å². The van der Waals surface area contributed by atoms with E-state index in [9.17, 15) is 0 Å². The molecule has 1 aromatic rings. The second-order valence-corrected chi connectivity index (χ2v) is 2.65. The summed E-state index contributed by atoms with van der Waals surface area (Å²) >= 11 is 0. The monoisotopic (exact) mass is 190 g/mol. The summed E-state index contributed by atoms with van der Waals surface area (Å²) in [5, 5.41) is 0. The van der Waals surface area contributed by atoms with Gasteiger partial charge in [-0.3, -0.25) is 0 Å². The molecule has 1 rings (SSSR count). The SMILES string of the molecule is C=CCOc1ccccc1OCC=C. The summed E-state index contributed by atoms with van der Waals surface area (Å²) in [5.41, 5.74) is 0. The minimum Gasteiger partial charge on any atom is -0.486 e. The van der Waals surface area contributed by atoms with Gasteiger partial charge in [0.1, 0.15) is 13.2 Å². The van der Waals surface area contributed by atoms with Crippen LogP contribution in [0.2, 0.25) is 0 Å². The molecule has 0 heterocycles. The van der Waals surface area contributed by atoms with Gasteiger partial charge in [-0.05, 0) is 12.1 Å². The van der Waals surface area contributed by atoms with E-state index in [0.29, 0.717) is 13.2 Å². The molecule has 0 bridgehead atoms. The van der Waals surface area contributed by atoms with E-state index in [1.165, 1.54) is 0 Å². The number of para-hydroxylation sites is 2. The van der Waals surface area contributed by atoms with Crippen LogP contribution in [-0.4, -0.2) is 13.2 Å². The average Bonchev–Trinajstić information content (AvgIpc) is 2.24. The van der Waals surface area contributed by atoms with E-state index in [4.69, 9.17) is 9.47 Å². The molecule has 2 heteroatoms. The zero-order chi connectivity index (χ0) is 10.2. The van der Waals surface area contributed by atoms with Crippen molar-refractivity contribution in [1.82, 2.24) is 0 Å². The first-order valence-electron chi connectivity index (χ1n) is 4.45. The van der Waals surface area contributed by atoms with Crippen LogP contribution < -0.4 is 9.47 Å². The van der Waals surface area contributed by atoms with E-state index >= 15 is 0 Å². The van der Waals surface area contributed by atoms with Gasteiger partial charge in [0.25, 0.3) is 0 Å². The molecular weight excluding hydrogens is 176 g/mol. The maximum absolute atomic E-state index is 5.41. The molecular formula is C12H14O2. The van der Waals surface area contributed by atoms with Crippen LogP contribution in [0.4, 0.5) is 0 Å². The summed E-state index contributed by atoms with van der Waals surface area (Å²) in [5.74, 6) is 1.46. The molecule has 0 saturated heterocycles. The minimum absolute atomic E-state index is 0.481. The molecule has 0 unspecified atom stereocenters. The first-order chi connectivity index (χ1) is 6.88. The highest BCUT2D eigenvalue weighted by Crippen LogP contribution is 2.26. The Morgan fingerprint density at radius 2 is 1.36 bits per heavy atom. The molecule has 0 spiro atoms. The lowest BCUT2D eigenvalue weighted by Crippen LogP contribution is -1.98. The third-order valence-electron chi connectivity index (χ3n) is 1.56. The Morgan fingerprint density at radius 1 is 0.929 bits per heavy atom. The van der Waals surface area contributed by atoms with E-state index in [-0.39, 0.29) is 0 Å². The fraction of sp³-hybridized carbons (Fsp3) is 0.167. The van der Waals surface area contributed by atoms with Gasteiger partial charge in [0.15, 0.2) is 11.5 Å². The molecule has 14 heavy (non-hydrogen) atoms. The summed E-state index contributed by atoms with van der Waals surface area (Å²) in [7, 11) is 0. The Labute approximate surface area is 84.5 Å². The fourth-order valence-electron chi connectivity index (χ4n) is 0.986. The minimum atomic E-state index is 0.481. The van der Waals surface area contributed by atoms with Crippen molar-refractivity contribution in [3.05, 3.63) is 49.6 Å². The normalized spacial score (nSPS) is 9.14. The smallest absolute Gasteiger partial charge is 0.161 e. The molecule has 0 aliphatic heterocycles. The second-order valence-electron chi connectivity index (χ2n) is 2.65. The quantitative estimate of drug-likeness (QED) is 0.642. The standard InChI is InChI=1S/C12H14O2/c1-3-9-13-11-7-5-6-8-12(11)14-10-4-2/h3-8H,1-2,9-10H2. The molecule has 0 aromatic heterocycles. The molecule has 0 atom stereocenters. The van der Waals surface area contributed by atoms with Crippen molar-refractivity contribution in [3.8, 4) is 11.5 Å². The highest BCUT2D eigenvalue weighted by Gasteiger charge is 2.01. The lowest BCUT2D eigenvalue weighted by molar-refractivity contribution is 0.308. The van der Waals surface area contributed by atoms with Crippen LogP contribution in [-0.2, 0) is 0 Å². The van der Waals surface area contributed by atoms with Crippen LogP contribution in [0.5, 0.6) is 11.5 Å². The molecule has 0 radical (unpaired) electrons. The molecule has 1 aromatic carbocycles. The topological polar surface area (TPSA) is 18.5 Å². The van der Waals surface area contributed by atoms with Crippen LogP contribution in [0.1, 0.15) is 0 Å². The molecule has 74 valence electrons. The Balaban J connectivity index is 2.68. The van der Waals surface area contributed by atoms with Gasteiger partial charge < -0.3 is 9.47 Å². The lowest BCUT2D eigenvalue weighted by atomic mass is 10.3. The number of hydrogen-bond acceptors (Lipinski definition) is 2. The van der Waals surface area contributed by atoms with Gasteiger partial charge in [0.05, 0.1) is 0 Å². The predicted molar refractivity (Wildman–Crippen MR) is 57.8 cm³/mol. The van der Waals surface area contributed by atoms with Gasteiger partial charge in [-0.2, -0.15) is 0 Å². The zero-order valence-corrected chi connectivity index (χ0v) is 8.11. The third-order valence-corrected chi connectivity index (χ3v) is 1.56. The second kappa shape index (κ2) is 5.86. The van der Waals surface area contributed by atoms with Crippen molar-refractivity contribution in [2.45, 2.75) is 0 Å². The van der Waals surface area contributed by atoms with Crippen molar-refractivity contribution in [2.24, 2.45) is 0 Å². The summed E-state index contributed by atoms with van der Waals surface area (Å²) < 4.78 is 10.8. The Morgan fingerprint density at radius 3 is 1.71 bits per heavy atom. The van der Waals surface area contributed by atoms with Crippen molar-refractivity contribution in [3.63, 3.8) is 0 Å². The first-order valence-corrected chi connectivity index (χ1v) is 4.45. The first kappa shape index (κ1) is 10.4. The Hall–Kier alpha value is -1.70. The zero-order valence-electron chi connectivity index (χ0n) is 8.11. The predicted octanol–water partition coefficient (Wildman–Crippen LogP) is 2.82. The summed E-state index contributed by atoms with van der Waals surface area (Å²) in [6.45, 7) is 8.13. The Kier molecular flexibility index (Phi) is 4.35. The Bertz CT molecular complexity index is 274. The number of rotatable bonds is 6. The average molecular weight is 190 g/mol. The summed E-state index contributed by atoms with van der Waals surface area (Å²) in [6.07, 6.45) is 3.40. The van der Waals surface area contributed by atoms with E-state index < -0.39 is 0 Å². The van der Waals surface area contributed by atoms with Gasteiger partial charge in [0, 0.05) is 0 Å². The van der Waals surface area contributed by atoms with Crippen LogP contribution in [0.25, 0.3) is 0 Å². The number of hydrogen-bond donors (Lipinski definition) is 0. The summed E-state index contributed by atoms with van der Waals surface area (Å²) in [4.78, 5) is 0. The van der Waals surface area contributed by atoms with Crippen LogP contribution >= 0.6 is 0 Å². The lowest BCUT2D eigenvalue weighted by Gasteiger charge is -2.09. The van der Waals surface area contributed by atoms with Gasteiger partial charge in [-0.1, -0.05) is 37.4 Å². The molecule has 2 nitrogen and oxygen atoms in total. The molecule has 0 N–H and O–H groups in total. The van der Waals surface area contributed by atoms with Crippen LogP contribution in [0.3, 0.4) is 0 Å². The van der Waals surface area contributed by atoms with E-state index in [1.807, 2.05) is 24.3 Å². The third kappa shape index (κ3) is 2.98. The van der Waals surface area contributed by atoms with E-state index in [1.54, 1.807) is 12.2 Å². The summed E-state index contributed by atoms with van der Waals surface area (Å²) in [6, 6.07) is 7.53. The van der Waals surface area contributed by atoms with E-state index in [0.717, 1.165) is 11.5 Å². The fourth-order valence-corrected chi connectivity index (χ4v) is 0.986. The molecule has 0 aliphatic carbocycles. The largest absolute Gasteiger partial charge is 0.486 e. The van der Waals surface area contributed by atoms with Gasteiger partial charge in [-0.25, -0.2) is 0 Å². The molecule has 0 aliphatic rings. The van der Waals surface area contributed by atoms with Crippen molar-refractivity contribution in [2.75, 3.05) is 13.2 Å². The van der Waals surface area contributed by atoms with Crippen LogP contribution in [0, 0.1) is 0 Å². The molecule has 0 saturated carbocycles. The molecule has 0 amide bonds. The molecule has 0 fully saturated rings.